The number of aromatic amines is 2. The van der Waals surface area contributed by atoms with Crippen LogP contribution in [0.3, 0.4) is 0 Å². The van der Waals surface area contributed by atoms with E-state index < -0.39 is 0 Å². The molecule has 0 aliphatic heterocycles. The molecule has 2 atom stereocenters. The van der Waals surface area contributed by atoms with Gasteiger partial charge < -0.3 is 0 Å². The van der Waals surface area contributed by atoms with Gasteiger partial charge >= 0.3 is 0 Å². The number of tetrazole rings is 2. The van der Waals surface area contributed by atoms with Gasteiger partial charge in [0.1, 0.15) is 0 Å². The summed E-state index contributed by atoms with van der Waals surface area (Å²) in [6.07, 6.45) is 0. The van der Waals surface area contributed by atoms with Crippen LogP contribution < -0.4 is 0 Å². The van der Waals surface area contributed by atoms with E-state index in [4.69, 9.17) is 0 Å². The van der Waals surface area contributed by atoms with Crippen LogP contribution in [0.5, 0.6) is 0 Å². The van der Waals surface area contributed by atoms with Gasteiger partial charge in [0.2, 0.25) is 0 Å². The molecule has 0 spiro atoms. The quantitative estimate of drug-likeness (QED) is 0.689. The fraction of sp³-hybridized carbons (Fsp3) is 0.667. The van der Waals surface area contributed by atoms with Crippen LogP contribution in [0.1, 0.15) is 37.3 Å². The van der Waals surface area contributed by atoms with E-state index in [0.717, 1.165) is 0 Å². The van der Waals surface area contributed by atoms with Crippen LogP contribution in [0.4, 0.5) is 0 Å². The summed E-state index contributed by atoms with van der Waals surface area (Å²) in [6.45, 7) is 3.98. The number of H-pyrrole nitrogens is 2. The molecule has 0 radical (unpaired) electrons. The Hall–Kier alpha value is -1.86. The third kappa shape index (κ3) is 1.45. The van der Waals surface area contributed by atoms with Crippen molar-refractivity contribution in [1.29, 1.82) is 0 Å². The second-order valence-corrected chi connectivity index (χ2v) is 3.12. The van der Waals surface area contributed by atoms with Crippen molar-refractivity contribution in [2.75, 3.05) is 0 Å². The van der Waals surface area contributed by atoms with E-state index >= 15 is 0 Å². The lowest BCUT2D eigenvalue weighted by Gasteiger charge is -2.11. The Labute approximate surface area is 79.5 Å². The minimum absolute atomic E-state index is 0.103. The van der Waals surface area contributed by atoms with Gasteiger partial charge in [0.15, 0.2) is 11.6 Å². The van der Waals surface area contributed by atoms with Gasteiger partial charge in [-0.05, 0) is 0 Å². The van der Waals surface area contributed by atoms with E-state index in [9.17, 15) is 0 Å². The largest absolute Gasteiger partial charge is 0.178 e. The lowest BCUT2D eigenvalue weighted by Crippen LogP contribution is -2.08. The maximum absolute atomic E-state index is 3.91. The first-order valence-corrected chi connectivity index (χ1v) is 4.25. The minimum Gasteiger partial charge on any atom is -0.177 e. The van der Waals surface area contributed by atoms with E-state index in [1.165, 1.54) is 0 Å². The summed E-state index contributed by atoms with van der Waals surface area (Å²) in [6, 6.07) is 0. The standard InChI is InChI=1S/C6H10N8/c1-3(5-7-11-12-8-5)4(2)6-9-13-14-10-6/h3-4H,1-2H3,(H,7,8,11,12)(H,9,10,13,14). The summed E-state index contributed by atoms with van der Waals surface area (Å²) < 4.78 is 0. The zero-order chi connectivity index (χ0) is 9.97. The third-order valence-corrected chi connectivity index (χ3v) is 2.29. The van der Waals surface area contributed by atoms with Gasteiger partial charge in [-0.1, -0.05) is 24.3 Å². The second-order valence-electron chi connectivity index (χ2n) is 3.12. The van der Waals surface area contributed by atoms with Gasteiger partial charge in [0.05, 0.1) is 0 Å². The van der Waals surface area contributed by atoms with Crippen molar-refractivity contribution in [2.45, 2.75) is 25.7 Å². The molecule has 0 fully saturated rings. The number of hydrogen-bond acceptors (Lipinski definition) is 6. The van der Waals surface area contributed by atoms with Crippen molar-refractivity contribution < 1.29 is 0 Å². The summed E-state index contributed by atoms with van der Waals surface area (Å²) >= 11 is 0. The van der Waals surface area contributed by atoms with E-state index in [1.807, 2.05) is 13.8 Å². The molecule has 0 aliphatic carbocycles. The molecule has 8 nitrogen and oxygen atoms in total. The maximum Gasteiger partial charge on any atom is 0.178 e. The maximum atomic E-state index is 3.91. The average molecular weight is 194 g/mol. The van der Waals surface area contributed by atoms with Crippen molar-refractivity contribution in [3.8, 4) is 0 Å². The molecule has 2 N–H and O–H groups in total. The summed E-state index contributed by atoms with van der Waals surface area (Å²) in [4.78, 5) is 0. The number of rotatable bonds is 3. The average Bonchev–Trinajstić information content (AvgIpc) is 2.87. The highest BCUT2D eigenvalue weighted by molar-refractivity contribution is 5.02. The fourth-order valence-electron chi connectivity index (χ4n) is 1.17. The Morgan fingerprint density at radius 1 is 0.857 bits per heavy atom. The number of nitrogens with zero attached hydrogens (tertiary/aromatic N) is 6. The predicted octanol–water partition coefficient (Wildman–Crippen LogP) is -0.380. The Morgan fingerprint density at radius 2 is 1.29 bits per heavy atom. The van der Waals surface area contributed by atoms with Crippen LogP contribution in [0.2, 0.25) is 0 Å². The molecule has 0 aromatic carbocycles. The summed E-state index contributed by atoms with van der Waals surface area (Å²) in [7, 11) is 0. The zero-order valence-corrected chi connectivity index (χ0v) is 7.84. The zero-order valence-electron chi connectivity index (χ0n) is 7.84. The molecule has 2 rings (SSSR count). The van der Waals surface area contributed by atoms with Crippen molar-refractivity contribution >= 4 is 0 Å². The normalized spacial score (nSPS) is 15.3. The lowest BCUT2D eigenvalue weighted by molar-refractivity contribution is 0.562. The number of aromatic nitrogens is 8. The van der Waals surface area contributed by atoms with Gasteiger partial charge in [0.25, 0.3) is 0 Å². The van der Waals surface area contributed by atoms with Crippen molar-refractivity contribution in [2.24, 2.45) is 0 Å². The molecule has 74 valence electrons. The van der Waals surface area contributed by atoms with Gasteiger partial charge in [-0.25, -0.2) is 0 Å². The van der Waals surface area contributed by atoms with Crippen LogP contribution in [0.15, 0.2) is 0 Å². The Bertz CT molecular complexity index is 326. The highest BCUT2D eigenvalue weighted by atomic mass is 15.5. The molecule has 0 aliphatic rings. The molecule has 0 saturated carbocycles. The minimum atomic E-state index is 0.103. The molecule has 0 amide bonds. The van der Waals surface area contributed by atoms with E-state index in [0.29, 0.717) is 11.6 Å². The van der Waals surface area contributed by atoms with Gasteiger partial charge in [-0.2, -0.15) is 10.4 Å². The molecular formula is C6H10N8. The smallest absolute Gasteiger partial charge is 0.177 e. The molecule has 0 bridgehead atoms. The Balaban J connectivity index is 2.16. The van der Waals surface area contributed by atoms with Gasteiger partial charge in [-0.3, -0.25) is 0 Å². The third-order valence-electron chi connectivity index (χ3n) is 2.29. The van der Waals surface area contributed by atoms with Gasteiger partial charge in [0, 0.05) is 11.8 Å². The van der Waals surface area contributed by atoms with Crippen molar-refractivity contribution in [3.63, 3.8) is 0 Å². The van der Waals surface area contributed by atoms with E-state index in [2.05, 4.69) is 41.2 Å². The highest BCUT2D eigenvalue weighted by Crippen LogP contribution is 2.26. The van der Waals surface area contributed by atoms with Crippen LogP contribution in [0, 0.1) is 0 Å². The molecule has 2 aromatic heterocycles. The number of nitrogens with one attached hydrogen (secondary N) is 2. The fourth-order valence-corrected chi connectivity index (χ4v) is 1.17. The summed E-state index contributed by atoms with van der Waals surface area (Å²) in [5.74, 6) is 1.52. The molecule has 8 heteroatoms. The highest BCUT2D eigenvalue weighted by Gasteiger charge is 2.22. The van der Waals surface area contributed by atoms with Crippen LogP contribution in [-0.4, -0.2) is 41.2 Å². The first kappa shape index (κ1) is 8.73. The topological polar surface area (TPSA) is 109 Å². The molecule has 2 unspecified atom stereocenters. The Kier molecular flexibility index (Phi) is 2.17. The van der Waals surface area contributed by atoms with E-state index in [1.54, 1.807) is 0 Å². The molecule has 2 heterocycles. The second kappa shape index (κ2) is 3.48. The van der Waals surface area contributed by atoms with Crippen molar-refractivity contribution in [1.82, 2.24) is 41.2 Å². The molecular weight excluding hydrogens is 184 g/mol. The predicted molar refractivity (Wildman–Crippen MR) is 45.2 cm³/mol. The van der Waals surface area contributed by atoms with Crippen molar-refractivity contribution in [3.05, 3.63) is 11.6 Å². The summed E-state index contributed by atoms with van der Waals surface area (Å²) in [5, 5.41) is 27.5. The number of hydrogen-bond donors (Lipinski definition) is 2. The monoisotopic (exact) mass is 194 g/mol. The van der Waals surface area contributed by atoms with E-state index in [-0.39, 0.29) is 11.8 Å². The first-order valence-electron chi connectivity index (χ1n) is 4.25. The van der Waals surface area contributed by atoms with Crippen LogP contribution >= 0.6 is 0 Å². The molecule has 0 saturated heterocycles. The lowest BCUT2D eigenvalue weighted by atomic mass is 9.95. The Morgan fingerprint density at radius 3 is 1.57 bits per heavy atom. The summed E-state index contributed by atoms with van der Waals surface area (Å²) in [5.41, 5.74) is 0. The first-order chi connectivity index (χ1) is 6.79. The van der Waals surface area contributed by atoms with Crippen LogP contribution in [0.25, 0.3) is 0 Å². The molecule has 14 heavy (non-hydrogen) atoms. The van der Waals surface area contributed by atoms with Crippen LogP contribution in [-0.2, 0) is 0 Å². The molecule has 2 aromatic rings. The van der Waals surface area contributed by atoms with Gasteiger partial charge in [-0.15, -0.1) is 20.4 Å². The SMILES string of the molecule is CC(c1nn[nH]n1)C(C)c1nn[nH]n1.